The van der Waals surface area contributed by atoms with E-state index in [1.54, 1.807) is 65.6 Å². The lowest BCUT2D eigenvalue weighted by Gasteiger charge is -2.24. The molecule has 1 N–H and O–H groups in total. The van der Waals surface area contributed by atoms with Crippen molar-refractivity contribution in [3.63, 3.8) is 0 Å². The molecule has 0 atom stereocenters. The number of anilines is 3. The number of sulfonamides is 1. The molecule has 1 fully saturated rings. The van der Waals surface area contributed by atoms with E-state index in [1.165, 1.54) is 19.2 Å². The number of nitrogens with one attached hydrogen (secondary N) is 1. The van der Waals surface area contributed by atoms with E-state index in [2.05, 4.69) is 5.32 Å². The molecule has 0 saturated carbocycles. The van der Waals surface area contributed by atoms with Gasteiger partial charge >= 0.3 is 0 Å². The lowest BCUT2D eigenvalue weighted by atomic mass is 10.2. The monoisotopic (exact) mass is 493 g/mol. The number of carbonyl (C=O) groups is 2. The van der Waals surface area contributed by atoms with Gasteiger partial charge in [0.1, 0.15) is 12.3 Å². The van der Waals surface area contributed by atoms with Crippen LogP contribution < -0.4 is 19.3 Å². The predicted octanol–water partition coefficient (Wildman–Crippen LogP) is 3.96. The van der Waals surface area contributed by atoms with Crippen molar-refractivity contribution in [1.29, 1.82) is 0 Å². The fourth-order valence-corrected chi connectivity index (χ4v) is 5.31. The van der Waals surface area contributed by atoms with Crippen LogP contribution in [0.4, 0.5) is 17.1 Å². The van der Waals surface area contributed by atoms with Crippen LogP contribution in [0.15, 0.2) is 77.7 Å². The van der Waals surface area contributed by atoms with E-state index < -0.39 is 22.5 Å². The van der Waals surface area contributed by atoms with Crippen molar-refractivity contribution < 1.29 is 22.7 Å². The Morgan fingerprint density at radius 3 is 2.40 bits per heavy atom. The van der Waals surface area contributed by atoms with E-state index in [0.29, 0.717) is 30.1 Å². The highest BCUT2D eigenvalue weighted by Gasteiger charge is 2.28. The molecule has 1 aliphatic heterocycles. The second-order valence-electron chi connectivity index (χ2n) is 8.27. The fourth-order valence-electron chi connectivity index (χ4n) is 3.89. The van der Waals surface area contributed by atoms with Crippen molar-refractivity contribution in [2.75, 3.05) is 34.7 Å². The van der Waals surface area contributed by atoms with Crippen LogP contribution >= 0.6 is 0 Å². The molecule has 0 unspecified atom stereocenters. The minimum Gasteiger partial charge on any atom is -0.497 e. The molecule has 3 aromatic rings. The van der Waals surface area contributed by atoms with E-state index >= 15 is 0 Å². The molecule has 4 rings (SSSR count). The minimum atomic E-state index is -4.03. The lowest BCUT2D eigenvalue weighted by molar-refractivity contribution is -0.117. The standard InChI is InChI=1S/C26H27N3O5S/c1-19-8-14-24(15-9-19)35(32,33)29(22-5-3-6-23(17-22)34-2)18-25(30)27-20-10-12-21(13-11-20)28-16-4-7-26(28)31/h3,5-6,8-15,17H,4,7,16,18H2,1-2H3,(H,27,30). The predicted molar refractivity (Wildman–Crippen MR) is 135 cm³/mol. The van der Waals surface area contributed by atoms with Crippen molar-refractivity contribution >= 4 is 38.9 Å². The molecule has 0 aliphatic carbocycles. The molecule has 9 heteroatoms. The molecule has 3 aromatic carbocycles. The third-order valence-corrected chi connectivity index (χ3v) is 7.56. The van der Waals surface area contributed by atoms with E-state index in [1.807, 2.05) is 6.92 Å². The maximum absolute atomic E-state index is 13.5. The van der Waals surface area contributed by atoms with E-state index in [4.69, 9.17) is 4.74 Å². The minimum absolute atomic E-state index is 0.0806. The van der Waals surface area contributed by atoms with Crippen LogP contribution in [0.25, 0.3) is 0 Å². The third-order valence-electron chi connectivity index (χ3n) is 5.77. The Morgan fingerprint density at radius 1 is 1.06 bits per heavy atom. The molecule has 2 amide bonds. The summed E-state index contributed by atoms with van der Waals surface area (Å²) in [4.78, 5) is 26.7. The molecule has 182 valence electrons. The van der Waals surface area contributed by atoms with Crippen LogP contribution in [-0.4, -0.2) is 40.4 Å². The van der Waals surface area contributed by atoms with Gasteiger partial charge in [-0.1, -0.05) is 23.8 Å². The summed E-state index contributed by atoms with van der Waals surface area (Å²) in [5, 5.41) is 2.75. The topological polar surface area (TPSA) is 96.0 Å². The van der Waals surface area contributed by atoms with Crippen LogP contribution in [0.2, 0.25) is 0 Å². The number of hydrogen-bond acceptors (Lipinski definition) is 5. The van der Waals surface area contributed by atoms with Gasteiger partial charge in [-0.2, -0.15) is 0 Å². The number of nitrogens with zero attached hydrogens (tertiary/aromatic N) is 2. The molecular weight excluding hydrogens is 466 g/mol. The maximum atomic E-state index is 13.5. The van der Waals surface area contributed by atoms with Gasteiger partial charge in [0.25, 0.3) is 10.0 Å². The second kappa shape index (κ2) is 10.2. The Balaban J connectivity index is 1.57. The number of benzene rings is 3. The van der Waals surface area contributed by atoms with Crippen LogP contribution in [0, 0.1) is 6.92 Å². The number of aryl methyl sites for hydroxylation is 1. The third kappa shape index (κ3) is 5.46. The van der Waals surface area contributed by atoms with E-state index in [9.17, 15) is 18.0 Å². The van der Waals surface area contributed by atoms with Gasteiger partial charge in [0.2, 0.25) is 11.8 Å². The average molecular weight is 494 g/mol. The average Bonchev–Trinajstić information content (AvgIpc) is 3.29. The molecule has 1 aliphatic rings. The van der Waals surface area contributed by atoms with Crippen molar-refractivity contribution in [3.8, 4) is 5.75 Å². The van der Waals surface area contributed by atoms with Gasteiger partial charge in [-0.15, -0.1) is 0 Å². The number of ether oxygens (including phenoxy) is 1. The van der Waals surface area contributed by atoms with E-state index in [0.717, 1.165) is 22.0 Å². The molecule has 1 saturated heterocycles. The zero-order valence-corrected chi connectivity index (χ0v) is 20.4. The lowest BCUT2D eigenvalue weighted by Crippen LogP contribution is -2.38. The number of rotatable bonds is 8. The first-order valence-electron chi connectivity index (χ1n) is 11.2. The summed E-state index contributed by atoms with van der Waals surface area (Å²) in [6.07, 6.45) is 1.36. The quantitative estimate of drug-likeness (QED) is 0.512. The Kier molecular flexibility index (Phi) is 7.07. The first-order chi connectivity index (χ1) is 16.8. The Bertz CT molecular complexity index is 1320. The fraction of sp³-hybridized carbons (Fsp3) is 0.231. The van der Waals surface area contributed by atoms with Crippen LogP contribution in [-0.2, 0) is 19.6 Å². The Labute approximate surface area is 205 Å². The summed E-state index contributed by atoms with van der Waals surface area (Å²) >= 11 is 0. The van der Waals surface area contributed by atoms with Gasteiger partial charge in [0.15, 0.2) is 0 Å². The highest BCUT2D eigenvalue weighted by molar-refractivity contribution is 7.92. The molecule has 0 spiro atoms. The Hall–Kier alpha value is -3.85. The van der Waals surface area contributed by atoms with Gasteiger partial charge < -0.3 is 15.0 Å². The molecule has 0 bridgehead atoms. The zero-order chi connectivity index (χ0) is 25.0. The molecule has 1 heterocycles. The zero-order valence-electron chi connectivity index (χ0n) is 19.6. The van der Waals surface area contributed by atoms with Gasteiger partial charge in [-0.3, -0.25) is 13.9 Å². The number of carbonyl (C=O) groups excluding carboxylic acids is 2. The first kappa shape index (κ1) is 24.3. The van der Waals surface area contributed by atoms with Crippen LogP contribution in [0.3, 0.4) is 0 Å². The van der Waals surface area contributed by atoms with Crippen LogP contribution in [0.1, 0.15) is 18.4 Å². The normalized spacial score (nSPS) is 13.5. The summed E-state index contributed by atoms with van der Waals surface area (Å²) in [6.45, 7) is 2.11. The first-order valence-corrected chi connectivity index (χ1v) is 12.7. The summed E-state index contributed by atoms with van der Waals surface area (Å²) in [7, 11) is -2.54. The maximum Gasteiger partial charge on any atom is 0.264 e. The van der Waals surface area contributed by atoms with Crippen molar-refractivity contribution in [2.45, 2.75) is 24.7 Å². The van der Waals surface area contributed by atoms with Gasteiger partial charge in [-0.05, 0) is 61.9 Å². The SMILES string of the molecule is COc1cccc(N(CC(=O)Nc2ccc(N3CCCC3=O)cc2)S(=O)(=O)c2ccc(C)cc2)c1. The largest absolute Gasteiger partial charge is 0.497 e. The molecular formula is C26H27N3O5S. The molecule has 0 aromatic heterocycles. The highest BCUT2D eigenvalue weighted by Crippen LogP contribution is 2.28. The second-order valence-corrected chi connectivity index (χ2v) is 10.1. The van der Waals surface area contributed by atoms with E-state index in [-0.39, 0.29) is 10.8 Å². The molecule has 8 nitrogen and oxygen atoms in total. The number of methoxy groups -OCH3 is 1. The van der Waals surface area contributed by atoms with Gasteiger partial charge in [0, 0.05) is 30.4 Å². The van der Waals surface area contributed by atoms with Crippen molar-refractivity contribution in [3.05, 3.63) is 78.4 Å². The van der Waals surface area contributed by atoms with Gasteiger partial charge in [0.05, 0.1) is 17.7 Å². The number of hydrogen-bond donors (Lipinski definition) is 1. The summed E-state index contributed by atoms with van der Waals surface area (Å²) < 4.78 is 33.4. The smallest absolute Gasteiger partial charge is 0.264 e. The number of amides is 2. The summed E-state index contributed by atoms with van der Waals surface area (Å²) in [5.41, 5.74) is 2.51. The van der Waals surface area contributed by atoms with Gasteiger partial charge in [-0.25, -0.2) is 8.42 Å². The summed E-state index contributed by atoms with van der Waals surface area (Å²) in [6, 6.07) is 19.9. The van der Waals surface area contributed by atoms with Crippen molar-refractivity contribution in [1.82, 2.24) is 0 Å². The summed E-state index contributed by atoms with van der Waals surface area (Å²) in [5.74, 6) is 0.0459. The van der Waals surface area contributed by atoms with Crippen LogP contribution in [0.5, 0.6) is 5.75 Å². The highest BCUT2D eigenvalue weighted by atomic mass is 32.2. The molecule has 0 radical (unpaired) electrons. The van der Waals surface area contributed by atoms with Crippen molar-refractivity contribution in [2.24, 2.45) is 0 Å². The molecule has 35 heavy (non-hydrogen) atoms. The Morgan fingerprint density at radius 2 is 1.77 bits per heavy atom.